The minimum atomic E-state index is -1.01. The van der Waals surface area contributed by atoms with Crippen LogP contribution in [0.5, 0.6) is 0 Å². The zero-order valence-electron chi connectivity index (χ0n) is 6.83. The van der Waals surface area contributed by atoms with Crippen LogP contribution in [-0.4, -0.2) is 29.0 Å². The van der Waals surface area contributed by atoms with Gasteiger partial charge in [-0.1, -0.05) is 6.92 Å². The molecule has 0 fully saturated rings. The van der Waals surface area contributed by atoms with Crippen LogP contribution in [0.2, 0.25) is 0 Å². The van der Waals surface area contributed by atoms with Gasteiger partial charge in [-0.25, -0.2) is 0 Å². The molecule has 0 rings (SSSR count). The van der Waals surface area contributed by atoms with E-state index in [4.69, 9.17) is 4.74 Å². The van der Waals surface area contributed by atoms with E-state index < -0.39 is 5.60 Å². The molecule has 0 aliphatic rings. The van der Waals surface area contributed by atoms with Gasteiger partial charge in [-0.05, 0) is 6.92 Å². The Morgan fingerprint density at radius 2 is 2.27 bits per heavy atom. The summed E-state index contributed by atoms with van der Waals surface area (Å²) in [5.74, 6) is -0.0173. The third kappa shape index (κ3) is 5.09. The van der Waals surface area contributed by atoms with E-state index >= 15 is 0 Å². The van der Waals surface area contributed by atoms with Gasteiger partial charge in [0.1, 0.15) is 12.2 Å². The molecule has 0 aliphatic carbocycles. The molecule has 0 saturated carbocycles. The van der Waals surface area contributed by atoms with Gasteiger partial charge in [-0.3, -0.25) is 4.79 Å². The number of carbonyl (C=O) groups is 1. The molecule has 1 N–H and O–H groups in total. The molecule has 11 heavy (non-hydrogen) atoms. The summed E-state index contributed by atoms with van der Waals surface area (Å²) in [6, 6.07) is 0. The molecule has 0 saturated heterocycles. The van der Waals surface area contributed by atoms with E-state index in [0.717, 1.165) is 0 Å². The fourth-order valence-electron chi connectivity index (χ4n) is 0.384. The predicted octanol–water partition coefficient (Wildman–Crippen LogP) is 0.620. The molecule has 0 aromatic rings. The van der Waals surface area contributed by atoms with Crippen molar-refractivity contribution in [2.24, 2.45) is 0 Å². The molecule has 0 radical (unpaired) electrons. The van der Waals surface area contributed by atoms with Gasteiger partial charge in [0, 0.05) is 12.2 Å². The highest BCUT2D eigenvalue weighted by Crippen LogP contribution is 2.05. The average Bonchev–Trinajstić information content (AvgIpc) is 2.00. The Morgan fingerprint density at radius 3 is 2.64 bits per heavy atom. The molecule has 0 spiro atoms. The van der Waals surface area contributed by atoms with E-state index in [0.29, 0.717) is 6.42 Å². The maximum absolute atomic E-state index is 10.6. The van der Waals surface area contributed by atoms with Gasteiger partial charge in [0.05, 0.1) is 0 Å². The number of carbonyl (C=O) groups excluding carboxylic acids is 1. The zero-order valence-corrected chi connectivity index (χ0v) is 7.73. The molecule has 66 valence electrons. The lowest BCUT2D eigenvalue weighted by Crippen LogP contribution is -2.33. The Hall–Kier alpha value is -0.220. The standard InChI is InChI=1S/C7H14O3S/c1-3-6(8)10-4-7(2,9)5-11/h9,11H,3-5H2,1-2H3. The number of thiol groups is 1. The third-order valence-corrected chi connectivity index (χ3v) is 1.85. The molecule has 1 unspecified atom stereocenters. The molecular formula is C7H14O3S. The number of ether oxygens (including phenoxy) is 1. The lowest BCUT2D eigenvalue weighted by atomic mass is 10.2. The van der Waals surface area contributed by atoms with Crippen LogP contribution in [0.3, 0.4) is 0 Å². The second-order valence-corrected chi connectivity index (χ2v) is 2.99. The minimum absolute atomic E-state index is 0.0170. The van der Waals surface area contributed by atoms with Crippen LogP contribution in [-0.2, 0) is 9.53 Å². The molecule has 0 aromatic carbocycles. The van der Waals surface area contributed by atoms with Gasteiger partial charge in [0.15, 0.2) is 0 Å². The summed E-state index contributed by atoms with van der Waals surface area (Å²) in [7, 11) is 0. The number of rotatable bonds is 4. The van der Waals surface area contributed by atoms with Gasteiger partial charge in [0.2, 0.25) is 0 Å². The lowest BCUT2D eigenvalue weighted by Gasteiger charge is -2.19. The van der Waals surface area contributed by atoms with E-state index in [-0.39, 0.29) is 18.3 Å². The minimum Gasteiger partial charge on any atom is -0.463 e. The van der Waals surface area contributed by atoms with Crippen molar-refractivity contribution >= 4 is 18.6 Å². The molecule has 0 bridgehead atoms. The molecule has 0 heterocycles. The van der Waals surface area contributed by atoms with Crippen LogP contribution >= 0.6 is 12.6 Å². The Morgan fingerprint density at radius 1 is 1.73 bits per heavy atom. The van der Waals surface area contributed by atoms with E-state index in [1.807, 2.05) is 0 Å². The number of hydrogen-bond donors (Lipinski definition) is 2. The van der Waals surface area contributed by atoms with Crippen molar-refractivity contribution in [2.75, 3.05) is 12.4 Å². The Kier molecular flexibility index (Phi) is 4.52. The van der Waals surface area contributed by atoms with Crippen molar-refractivity contribution in [3.8, 4) is 0 Å². The summed E-state index contributed by atoms with van der Waals surface area (Å²) in [4.78, 5) is 10.6. The monoisotopic (exact) mass is 178 g/mol. The first-order valence-corrected chi connectivity index (χ1v) is 4.14. The van der Waals surface area contributed by atoms with Gasteiger partial charge in [0.25, 0.3) is 0 Å². The van der Waals surface area contributed by atoms with Crippen LogP contribution in [0.15, 0.2) is 0 Å². The van der Waals surface area contributed by atoms with Crippen LogP contribution < -0.4 is 0 Å². The first kappa shape index (κ1) is 10.8. The SMILES string of the molecule is CCC(=O)OCC(C)(O)CS. The number of hydrogen-bond acceptors (Lipinski definition) is 4. The Labute approximate surface area is 72.2 Å². The molecule has 0 amide bonds. The van der Waals surface area contributed by atoms with Crippen molar-refractivity contribution < 1.29 is 14.6 Å². The van der Waals surface area contributed by atoms with Gasteiger partial charge in [-0.2, -0.15) is 12.6 Å². The highest BCUT2D eigenvalue weighted by atomic mass is 32.1. The highest BCUT2D eigenvalue weighted by molar-refractivity contribution is 7.80. The fraction of sp³-hybridized carbons (Fsp3) is 0.857. The predicted molar refractivity (Wildman–Crippen MR) is 45.7 cm³/mol. The highest BCUT2D eigenvalue weighted by Gasteiger charge is 2.19. The van der Waals surface area contributed by atoms with Gasteiger partial charge < -0.3 is 9.84 Å². The topological polar surface area (TPSA) is 46.5 Å². The average molecular weight is 178 g/mol. The van der Waals surface area contributed by atoms with E-state index in [2.05, 4.69) is 12.6 Å². The second kappa shape index (κ2) is 4.62. The summed E-state index contributed by atoms with van der Waals surface area (Å²) in [5.41, 5.74) is -1.01. The van der Waals surface area contributed by atoms with Crippen LogP contribution in [0.4, 0.5) is 0 Å². The van der Waals surface area contributed by atoms with Crippen molar-refractivity contribution in [2.45, 2.75) is 25.9 Å². The maximum atomic E-state index is 10.6. The van der Waals surface area contributed by atoms with E-state index in [9.17, 15) is 9.90 Å². The largest absolute Gasteiger partial charge is 0.463 e. The first-order chi connectivity index (χ1) is 5.02. The smallest absolute Gasteiger partial charge is 0.305 e. The summed E-state index contributed by atoms with van der Waals surface area (Å²) >= 11 is 3.89. The van der Waals surface area contributed by atoms with Gasteiger partial charge >= 0.3 is 5.97 Å². The second-order valence-electron chi connectivity index (χ2n) is 2.67. The molecular weight excluding hydrogens is 164 g/mol. The first-order valence-electron chi connectivity index (χ1n) is 3.50. The molecule has 4 heteroatoms. The van der Waals surface area contributed by atoms with Crippen LogP contribution in [0.25, 0.3) is 0 Å². The van der Waals surface area contributed by atoms with Crippen molar-refractivity contribution in [1.29, 1.82) is 0 Å². The summed E-state index contributed by atoms with van der Waals surface area (Å²) < 4.78 is 4.71. The normalized spacial score (nSPS) is 15.6. The number of esters is 1. The van der Waals surface area contributed by atoms with Crippen LogP contribution in [0, 0.1) is 0 Å². The molecule has 0 aromatic heterocycles. The Balaban J connectivity index is 3.61. The van der Waals surface area contributed by atoms with E-state index in [1.165, 1.54) is 0 Å². The maximum Gasteiger partial charge on any atom is 0.305 e. The zero-order chi connectivity index (χ0) is 8.91. The quantitative estimate of drug-likeness (QED) is 0.490. The molecule has 3 nitrogen and oxygen atoms in total. The lowest BCUT2D eigenvalue weighted by molar-refractivity contribution is -0.149. The number of aliphatic hydroxyl groups is 1. The molecule has 0 aliphatic heterocycles. The van der Waals surface area contributed by atoms with Crippen LogP contribution in [0.1, 0.15) is 20.3 Å². The van der Waals surface area contributed by atoms with Gasteiger partial charge in [-0.15, -0.1) is 0 Å². The van der Waals surface area contributed by atoms with Crippen molar-refractivity contribution in [3.63, 3.8) is 0 Å². The summed E-state index contributed by atoms with van der Waals surface area (Å²) in [6.07, 6.45) is 0.336. The van der Waals surface area contributed by atoms with Crippen molar-refractivity contribution in [1.82, 2.24) is 0 Å². The third-order valence-electron chi connectivity index (χ3n) is 1.17. The summed E-state index contributed by atoms with van der Waals surface area (Å²) in [5, 5.41) is 9.31. The van der Waals surface area contributed by atoms with E-state index in [1.54, 1.807) is 13.8 Å². The van der Waals surface area contributed by atoms with Crippen molar-refractivity contribution in [3.05, 3.63) is 0 Å². The summed E-state index contributed by atoms with van der Waals surface area (Å²) in [6.45, 7) is 3.30. The fourth-order valence-corrected chi connectivity index (χ4v) is 0.475. The molecule has 1 atom stereocenters. The Bertz CT molecular complexity index is 134.